The first-order valence-electron chi connectivity index (χ1n) is 7.82. The van der Waals surface area contributed by atoms with E-state index in [4.69, 9.17) is 9.26 Å². The molecule has 1 aromatic heterocycles. The van der Waals surface area contributed by atoms with Crippen LogP contribution in [0.2, 0.25) is 0 Å². The van der Waals surface area contributed by atoms with E-state index in [0.29, 0.717) is 11.7 Å². The van der Waals surface area contributed by atoms with Gasteiger partial charge in [0.05, 0.1) is 12.0 Å². The van der Waals surface area contributed by atoms with E-state index >= 15 is 0 Å². The van der Waals surface area contributed by atoms with Crippen molar-refractivity contribution in [2.24, 2.45) is 0 Å². The average molecular weight is 280 g/mol. The van der Waals surface area contributed by atoms with Crippen LogP contribution in [0.5, 0.6) is 0 Å². The highest BCUT2D eigenvalue weighted by atomic mass is 16.5. The summed E-state index contributed by atoms with van der Waals surface area (Å²) in [5, 5.41) is 14.3. The van der Waals surface area contributed by atoms with Crippen molar-refractivity contribution in [2.45, 2.75) is 75.4 Å². The standard InChI is InChI=1S/C15H24N2O3/c1-19-15(9-5-2-6-10-15)14-16-13(20-17-14)11-7-3-4-8-12(11)18/h11-12,18H,2-10H2,1H3. The van der Waals surface area contributed by atoms with Gasteiger partial charge in [-0.3, -0.25) is 0 Å². The summed E-state index contributed by atoms with van der Waals surface area (Å²) in [7, 11) is 1.73. The van der Waals surface area contributed by atoms with Gasteiger partial charge in [-0.05, 0) is 25.7 Å². The molecule has 2 atom stereocenters. The van der Waals surface area contributed by atoms with Crippen LogP contribution in [0.15, 0.2) is 4.52 Å². The van der Waals surface area contributed by atoms with E-state index in [0.717, 1.165) is 51.4 Å². The van der Waals surface area contributed by atoms with Crippen LogP contribution in [0, 0.1) is 0 Å². The number of hydrogen-bond donors (Lipinski definition) is 1. The van der Waals surface area contributed by atoms with Gasteiger partial charge in [0.1, 0.15) is 5.60 Å². The van der Waals surface area contributed by atoms with Gasteiger partial charge in [0, 0.05) is 7.11 Å². The zero-order chi connectivity index (χ0) is 14.0. The number of aliphatic hydroxyl groups excluding tert-OH is 1. The Bertz CT molecular complexity index is 440. The summed E-state index contributed by atoms with van der Waals surface area (Å²) in [6.07, 6.45) is 9.06. The summed E-state index contributed by atoms with van der Waals surface area (Å²) >= 11 is 0. The molecule has 2 fully saturated rings. The van der Waals surface area contributed by atoms with Gasteiger partial charge in [-0.1, -0.05) is 37.3 Å². The van der Waals surface area contributed by atoms with Crippen LogP contribution in [0.3, 0.4) is 0 Å². The number of methoxy groups -OCH3 is 1. The minimum Gasteiger partial charge on any atom is -0.392 e. The minimum atomic E-state index is -0.375. The van der Waals surface area contributed by atoms with Gasteiger partial charge >= 0.3 is 0 Å². The lowest BCUT2D eigenvalue weighted by Crippen LogP contribution is -2.32. The third-order valence-electron chi connectivity index (χ3n) is 4.95. The van der Waals surface area contributed by atoms with E-state index in [1.54, 1.807) is 7.11 Å². The predicted octanol–water partition coefficient (Wildman–Crippen LogP) is 2.89. The first kappa shape index (κ1) is 14.0. The number of ether oxygens (including phenoxy) is 1. The van der Waals surface area contributed by atoms with Crippen molar-refractivity contribution in [1.82, 2.24) is 10.1 Å². The van der Waals surface area contributed by atoms with E-state index in [1.807, 2.05) is 0 Å². The summed E-state index contributed by atoms with van der Waals surface area (Å²) in [5.74, 6) is 1.27. The predicted molar refractivity (Wildman–Crippen MR) is 73.3 cm³/mol. The van der Waals surface area contributed by atoms with Gasteiger partial charge < -0.3 is 14.4 Å². The van der Waals surface area contributed by atoms with Gasteiger partial charge in [0.25, 0.3) is 0 Å². The molecule has 112 valence electrons. The summed E-state index contributed by atoms with van der Waals surface area (Å²) < 4.78 is 11.2. The third-order valence-corrected chi connectivity index (χ3v) is 4.95. The summed E-state index contributed by atoms with van der Waals surface area (Å²) in [6.45, 7) is 0. The molecular formula is C15H24N2O3. The lowest BCUT2D eigenvalue weighted by Gasteiger charge is -2.32. The summed E-state index contributed by atoms with van der Waals surface area (Å²) in [5.41, 5.74) is -0.375. The fourth-order valence-electron chi connectivity index (χ4n) is 3.61. The van der Waals surface area contributed by atoms with Crippen LogP contribution in [0.4, 0.5) is 0 Å². The van der Waals surface area contributed by atoms with Crippen LogP contribution in [0.25, 0.3) is 0 Å². The Kier molecular flexibility index (Phi) is 4.08. The first-order valence-corrected chi connectivity index (χ1v) is 7.82. The Morgan fingerprint density at radius 3 is 2.60 bits per heavy atom. The zero-order valence-electron chi connectivity index (χ0n) is 12.2. The molecule has 0 amide bonds. The Hall–Kier alpha value is -0.940. The van der Waals surface area contributed by atoms with E-state index < -0.39 is 0 Å². The second kappa shape index (κ2) is 5.82. The fourth-order valence-corrected chi connectivity index (χ4v) is 3.61. The Labute approximate surface area is 119 Å². The van der Waals surface area contributed by atoms with Gasteiger partial charge in [-0.15, -0.1) is 0 Å². The fraction of sp³-hybridized carbons (Fsp3) is 0.867. The SMILES string of the molecule is COC1(c2noc(C3CCCCC3O)n2)CCCCC1. The second-order valence-electron chi connectivity index (χ2n) is 6.17. The first-order chi connectivity index (χ1) is 9.75. The molecule has 2 unspecified atom stereocenters. The Morgan fingerprint density at radius 2 is 1.90 bits per heavy atom. The smallest absolute Gasteiger partial charge is 0.232 e. The van der Waals surface area contributed by atoms with Crippen molar-refractivity contribution in [3.63, 3.8) is 0 Å². The van der Waals surface area contributed by atoms with E-state index in [1.165, 1.54) is 6.42 Å². The van der Waals surface area contributed by atoms with Crippen LogP contribution < -0.4 is 0 Å². The molecule has 2 aliphatic carbocycles. The molecule has 0 spiro atoms. The lowest BCUT2D eigenvalue weighted by atomic mass is 9.83. The molecule has 3 rings (SSSR count). The molecule has 0 saturated heterocycles. The molecule has 5 heteroatoms. The molecule has 1 heterocycles. The van der Waals surface area contributed by atoms with Crippen molar-refractivity contribution in [2.75, 3.05) is 7.11 Å². The minimum absolute atomic E-state index is 0.00231. The van der Waals surface area contributed by atoms with Crippen LogP contribution in [-0.2, 0) is 10.3 Å². The number of hydrogen-bond acceptors (Lipinski definition) is 5. The van der Waals surface area contributed by atoms with Gasteiger partial charge in [0.2, 0.25) is 11.7 Å². The van der Waals surface area contributed by atoms with Crippen molar-refractivity contribution in [3.05, 3.63) is 11.7 Å². The molecule has 1 N–H and O–H groups in total. The topological polar surface area (TPSA) is 68.4 Å². The molecule has 0 bridgehead atoms. The maximum atomic E-state index is 10.1. The van der Waals surface area contributed by atoms with Crippen molar-refractivity contribution in [3.8, 4) is 0 Å². The molecule has 0 aliphatic heterocycles. The van der Waals surface area contributed by atoms with Crippen LogP contribution in [-0.4, -0.2) is 28.5 Å². The van der Waals surface area contributed by atoms with E-state index in [9.17, 15) is 5.11 Å². The Morgan fingerprint density at radius 1 is 1.15 bits per heavy atom. The molecule has 0 radical (unpaired) electrons. The highest BCUT2D eigenvalue weighted by Crippen LogP contribution is 2.40. The van der Waals surface area contributed by atoms with Crippen molar-refractivity contribution >= 4 is 0 Å². The molecule has 2 saturated carbocycles. The molecule has 0 aromatic carbocycles. The molecular weight excluding hydrogens is 256 g/mol. The lowest BCUT2D eigenvalue weighted by molar-refractivity contribution is -0.0527. The maximum absolute atomic E-state index is 10.1. The van der Waals surface area contributed by atoms with E-state index in [-0.39, 0.29) is 17.6 Å². The number of aromatic nitrogens is 2. The molecule has 1 aromatic rings. The molecule has 20 heavy (non-hydrogen) atoms. The number of aliphatic hydroxyl groups is 1. The second-order valence-corrected chi connectivity index (χ2v) is 6.17. The third kappa shape index (κ3) is 2.49. The quantitative estimate of drug-likeness (QED) is 0.922. The summed E-state index contributed by atoms with van der Waals surface area (Å²) in [6, 6.07) is 0. The largest absolute Gasteiger partial charge is 0.392 e. The molecule has 2 aliphatic rings. The van der Waals surface area contributed by atoms with Crippen LogP contribution in [0.1, 0.15) is 75.4 Å². The van der Waals surface area contributed by atoms with E-state index in [2.05, 4.69) is 10.1 Å². The number of rotatable bonds is 3. The van der Waals surface area contributed by atoms with Crippen molar-refractivity contribution in [1.29, 1.82) is 0 Å². The van der Waals surface area contributed by atoms with Crippen LogP contribution >= 0.6 is 0 Å². The monoisotopic (exact) mass is 280 g/mol. The van der Waals surface area contributed by atoms with Crippen molar-refractivity contribution < 1.29 is 14.4 Å². The highest BCUT2D eigenvalue weighted by Gasteiger charge is 2.40. The average Bonchev–Trinajstić information content (AvgIpc) is 2.98. The zero-order valence-corrected chi connectivity index (χ0v) is 12.2. The van der Waals surface area contributed by atoms with Gasteiger partial charge in [0.15, 0.2) is 0 Å². The van der Waals surface area contributed by atoms with Gasteiger partial charge in [-0.25, -0.2) is 0 Å². The van der Waals surface area contributed by atoms with Gasteiger partial charge in [-0.2, -0.15) is 4.98 Å². The summed E-state index contributed by atoms with van der Waals surface area (Å²) in [4.78, 5) is 4.59. The highest BCUT2D eigenvalue weighted by molar-refractivity contribution is 5.06. The maximum Gasteiger partial charge on any atom is 0.232 e. The number of nitrogens with zero attached hydrogens (tertiary/aromatic N) is 2. The molecule has 5 nitrogen and oxygen atoms in total. The normalized spacial score (nSPS) is 30.3. The Balaban J connectivity index is 1.81.